The maximum Gasteiger partial charge on any atom is 0.319 e. The van der Waals surface area contributed by atoms with Crippen LogP contribution in [0.1, 0.15) is 30.4 Å². The summed E-state index contributed by atoms with van der Waals surface area (Å²) < 4.78 is 22.8. The van der Waals surface area contributed by atoms with E-state index in [4.69, 9.17) is 5.14 Å². The van der Waals surface area contributed by atoms with E-state index in [1.165, 1.54) is 12.1 Å². The Morgan fingerprint density at radius 2 is 1.95 bits per heavy atom. The van der Waals surface area contributed by atoms with Gasteiger partial charge in [0.1, 0.15) is 0 Å². The molecule has 0 atom stereocenters. The van der Waals surface area contributed by atoms with Crippen molar-refractivity contribution in [2.75, 3.05) is 5.32 Å². The summed E-state index contributed by atoms with van der Waals surface area (Å²) in [5.41, 5.74) is 2.04. The number of hydrogen-bond donors (Lipinski definition) is 3. The second kappa shape index (κ2) is 5.41. The van der Waals surface area contributed by atoms with Gasteiger partial charge in [-0.1, -0.05) is 0 Å². The van der Waals surface area contributed by atoms with Gasteiger partial charge in [0.25, 0.3) is 0 Å². The van der Waals surface area contributed by atoms with Crippen LogP contribution < -0.4 is 15.8 Å². The Bertz CT molecular complexity index is 637. The molecule has 20 heavy (non-hydrogen) atoms. The molecule has 1 aliphatic rings. The van der Waals surface area contributed by atoms with Gasteiger partial charge in [0.15, 0.2) is 0 Å². The number of sulfonamides is 1. The number of anilines is 1. The Balaban J connectivity index is 2.21. The second-order valence-electron chi connectivity index (χ2n) is 5.18. The van der Waals surface area contributed by atoms with Gasteiger partial charge in [-0.15, -0.1) is 0 Å². The van der Waals surface area contributed by atoms with Crippen LogP contribution >= 0.6 is 0 Å². The van der Waals surface area contributed by atoms with E-state index in [0.717, 1.165) is 30.4 Å². The monoisotopic (exact) mass is 297 g/mol. The van der Waals surface area contributed by atoms with Crippen LogP contribution in [0.5, 0.6) is 0 Å². The van der Waals surface area contributed by atoms with Crippen molar-refractivity contribution in [2.45, 2.75) is 44.0 Å². The topological polar surface area (TPSA) is 101 Å². The van der Waals surface area contributed by atoms with Gasteiger partial charge >= 0.3 is 6.03 Å². The molecule has 0 bridgehead atoms. The van der Waals surface area contributed by atoms with Gasteiger partial charge in [0, 0.05) is 11.7 Å². The van der Waals surface area contributed by atoms with Crippen LogP contribution in [-0.2, 0) is 10.0 Å². The van der Waals surface area contributed by atoms with Crippen molar-refractivity contribution in [1.82, 2.24) is 5.32 Å². The van der Waals surface area contributed by atoms with Crippen molar-refractivity contribution in [3.8, 4) is 0 Å². The van der Waals surface area contributed by atoms with E-state index < -0.39 is 10.0 Å². The summed E-state index contributed by atoms with van der Waals surface area (Å²) in [6.45, 7) is 3.60. The predicted octanol–water partition coefficient (Wildman–Crippen LogP) is 1.62. The minimum atomic E-state index is -3.79. The molecule has 1 saturated carbocycles. The Labute approximate surface area is 118 Å². The molecule has 0 radical (unpaired) electrons. The highest BCUT2D eigenvalue weighted by molar-refractivity contribution is 7.89. The number of hydrogen-bond acceptors (Lipinski definition) is 3. The number of urea groups is 1. The number of nitrogens with one attached hydrogen (secondary N) is 2. The molecule has 0 aromatic heterocycles. The molecule has 0 unspecified atom stereocenters. The first-order valence-electron chi connectivity index (χ1n) is 6.49. The van der Waals surface area contributed by atoms with Crippen molar-refractivity contribution < 1.29 is 13.2 Å². The zero-order valence-corrected chi connectivity index (χ0v) is 12.4. The van der Waals surface area contributed by atoms with Crippen molar-refractivity contribution >= 4 is 21.7 Å². The third kappa shape index (κ3) is 3.29. The number of carbonyl (C=O) groups excluding carboxylic acids is 1. The Hall–Kier alpha value is -1.60. The highest BCUT2D eigenvalue weighted by Gasteiger charge is 2.20. The quantitative estimate of drug-likeness (QED) is 0.790. The minimum Gasteiger partial charge on any atom is -0.335 e. The number of nitrogens with two attached hydrogens (primary N) is 1. The lowest BCUT2D eigenvalue weighted by Crippen LogP contribution is -2.42. The van der Waals surface area contributed by atoms with Crippen molar-refractivity contribution in [2.24, 2.45) is 5.14 Å². The van der Waals surface area contributed by atoms with Crippen LogP contribution in [0, 0.1) is 13.8 Å². The lowest BCUT2D eigenvalue weighted by atomic mass is 9.93. The van der Waals surface area contributed by atoms with Crippen LogP contribution in [0.3, 0.4) is 0 Å². The van der Waals surface area contributed by atoms with Gasteiger partial charge in [0.2, 0.25) is 10.0 Å². The Kier molecular flexibility index (Phi) is 4.01. The van der Waals surface area contributed by atoms with Crippen LogP contribution in [0.25, 0.3) is 0 Å². The largest absolute Gasteiger partial charge is 0.335 e. The van der Waals surface area contributed by atoms with Crippen LogP contribution in [0.15, 0.2) is 17.0 Å². The fourth-order valence-electron chi connectivity index (χ4n) is 2.02. The maximum absolute atomic E-state index is 11.8. The number of amides is 2. The van der Waals surface area contributed by atoms with Crippen molar-refractivity contribution in [3.63, 3.8) is 0 Å². The molecule has 1 aromatic rings. The first-order valence-corrected chi connectivity index (χ1v) is 8.03. The minimum absolute atomic E-state index is 0.000422. The number of rotatable bonds is 3. The second-order valence-corrected chi connectivity index (χ2v) is 6.75. The molecule has 110 valence electrons. The standard InChI is InChI=1S/C13H19N3O3S/c1-8-6-11(20(14,18)19)7-12(9(8)2)16-13(17)15-10-4-3-5-10/h6-7,10H,3-5H2,1-2H3,(H2,14,18,19)(H2,15,16,17). The van der Waals surface area contributed by atoms with E-state index >= 15 is 0 Å². The molecule has 4 N–H and O–H groups in total. The fraction of sp³-hybridized carbons (Fsp3) is 0.462. The van der Waals surface area contributed by atoms with Gasteiger partial charge in [-0.25, -0.2) is 18.4 Å². The number of primary sulfonamides is 1. The van der Waals surface area contributed by atoms with Gasteiger partial charge in [-0.3, -0.25) is 0 Å². The summed E-state index contributed by atoms with van der Waals surface area (Å²) in [5.74, 6) is 0. The highest BCUT2D eigenvalue weighted by atomic mass is 32.2. The van der Waals surface area contributed by atoms with E-state index in [9.17, 15) is 13.2 Å². The summed E-state index contributed by atoms with van der Waals surface area (Å²) >= 11 is 0. The van der Waals surface area contributed by atoms with Crippen LogP contribution in [-0.4, -0.2) is 20.5 Å². The molecule has 0 heterocycles. The first-order chi connectivity index (χ1) is 9.27. The molecule has 2 amide bonds. The third-order valence-corrected chi connectivity index (χ3v) is 4.55. The lowest BCUT2D eigenvalue weighted by molar-refractivity contribution is 0.240. The summed E-state index contributed by atoms with van der Waals surface area (Å²) in [5, 5.41) is 10.7. The van der Waals surface area contributed by atoms with Crippen LogP contribution in [0.2, 0.25) is 0 Å². The maximum atomic E-state index is 11.8. The molecule has 0 aliphatic heterocycles. The molecule has 6 nitrogen and oxygen atoms in total. The lowest BCUT2D eigenvalue weighted by Gasteiger charge is -2.26. The molecule has 1 fully saturated rings. The van der Waals surface area contributed by atoms with E-state index in [1.54, 1.807) is 6.92 Å². The fourth-order valence-corrected chi connectivity index (χ4v) is 2.64. The first kappa shape index (κ1) is 14.8. The van der Waals surface area contributed by atoms with E-state index in [-0.39, 0.29) is 17.0 Å². The zero-order valence-electron chi connectivity index (χ0n) is 11.6. The third-order valence-electron chi connectivity index (χ3n) is 3.66. The number of aryl methyl sites for hydroxylation is 1. The number of benzene rings is 1. The van der Waals surface area contributed by atoms with Gasteiger partial charge in [-0.05, 0) is 56.4 Å². The molecule has 2 rings (SSSR count). The summed E-state index contributed by atoms with van der Waals surface area (Å²) in [6.07, 6.45) is 3.11. The summed E-state index contributed by atoms with van der Waals surface area (Å²) in [6, 6.07) is 2.79. The normalized spacial score (nSPS) is 15.6. The van der Waals surface area contributed by atoms with Gasteiger partial charge in [0.05, 0.1) is 4.90 Å². The molecular formula is C13H19N3O3S. The Morgan fingerprint density at radius 1 is 1.30 bits per heavy atom. The molecule has 1 aliphatic carbocycles. The summed E-state index contributed by atoms with van der Waals surface area (Å²) in [7, 11) is -3.79. The Morgan fingerprint density at radius 3 is 2.45 bits per heavy atom. The van der Waals surface area contributed by atoms with E-state index in [0.29, 0.717) is 5.69 Å². The van der Waals surface area contributed by atoms with Gasteiger partial charge < -0.3 is 10.6 Å². The average Bonchev–Trinajstić information content (AvgIpc) is 2.28. The molecule has 1 aromatic carbocycles. The van der Waals surface area contributed by atoms with Crippen LogP contribution in [0.4, 0.5) is 10.5 Å². The summed E-state index contributed by atoms with van der Waals surface area (Å²) in [4.78, 5) is 11.8. The molecule has 0 saturated heterocycles. The van der Waals surface area contributed by atoms with E-state index in [1.807, 2.05) is 6.92 Å². The smallest absolute Gasteiger partial charge is 0.319 e. The molecule has 7 heteroatoms. The molecular weight excluding hydrogens is 278 g/mol. The predicted molar refractivity (Wildman–Crippen MR) is 77.1 cm³/mol. The van der Waals surface area contributed by atoms with E-state index in [2.05, 4.69) is 10.6 Å². The van der Waals surface area contributed by atoms with Crippen molar-refractivity contribution in [3.05, 3.63) is 23.3 Å². The average molecular weight is 297 g/mol. The van der Waals surface area contributed by atoms with Crippen molar-refractivity contribution in [1.29, 1.82) is 0 Å². The number of carbonyl (C=O) groups is 1. The SMILES string of the molecule is Cc1cc(S(N)(=O)=O)cc(NC(=O)NC2CCC2)c1C. The van der Waals surface area contributed by atoms with Gasteiger partial charge in [-0.2, -0.15) is 0 Å². The highest BCUT2D eigenvalue weighted by Crippen LogP contribution is 2.24. The molecule has 0 spiro atoms. The zero-order chi connectivity index (χ0) is 14.9.